The van der Waals surface area contributed by atoms with E-state index >= 15 is 0 Å². The Bertz CT molecular complexity index is 3370. The van der Waals surface area contributed by atoms with Gasteiger partial charge >= 0.3 is 0 Å². The number of nitrogens with one attached hydrogen (secondary N) is 2. The Kier molecular flexibility index (Phi) is 27.5. The molecule has 0 saturated heterocycles. The highest BCUT2D eigenvalue weighted by molar-refractivity contribution is 5.96. The molecule has 0 fully saturated rings. The van der Waals surface area contributed by atoms with Gasteiger partial charge < -0.3 is 58.0 Å². The first-order valence-electron chi connectivity index (χ1n) is 33.3. The summed E-state index contributed by atoms with van der Waals surface area (Å²) >= 11 is 0. The molecule has 14 nitrogen and oxygen atoms in total. The van der Waals surface area contributed by atoms with Gasteiger partial charge in [0.2, 0.25) is 11.8 Å². The Labute approximate surface area is 570 Å². The number of rotatable bonds is 42. The van der Waals surface area contributed by atoms with E-state index in [1.165, 1.54) is 33.4 Å². The van der Waals surface area contributed by atoms with Crippen molar-refractivity contribution < 1.29 is 57.0 Å². The van der Waals surface area contributed by atoms with Crippen LogP contribution in [-0.2, 0) is 39.4 Å². The average Bonchev–Trinajstić information content (AvgIpc) is 0.759. The molecule has 0 aliphatic rings. The fourth-order valence-corrected chi connectivity index (χ4v) is 11.8. The number of hydrogen-bond donors (Lipinski definition) is 2. The average molecular weight is 1300 g/mol. The van der Waals surface area contributed by atoms with Crippen LogP contribution in [0.3, 0.4) is 0 Å². The van der Waals surface area contributed by atoms with Crippen molar-refractivity contribution in [3.8, 4) is 34.5 Å². The van der Waals surface area contributed by atoms with Gasteiger partial charge in [0.1, 0.15) is 67.3 Å². The van der Waals surface area contributed by atoms with Crippen LogP contribution in [0.1, 0.15) is 63.8 Å². The van der Waals surface area contributed by atoms with E-state index in [9.17, 15) is 9.59 Å². The number of benzene rings is 10. The predicted molar refractivity (Wildman–Crippen MR) is 379 cm³/mol. The van der Waals surface area contributed by atoms with Crippen LogP contribution in [0.2, 0.25) is 0 Å². The van der Waals surface area contributed by atoms with Crippen molar-refractivity contribution in [2.45, 2.75) is 30.1 Å². The summed E-state index contributed by atoms with van der Waals surface area (Å²) in [6.45, 7) is 6.58. The topological polar surface area (TPSA) is 150 Å². The zero-order chi connectivity index (χ0) is 66.7. The van der Waals surface area contributed by atoms with Crippen molar-refractivity contribution in [2.75, 3.05) is 106 Å². The van der Waals surface area contributed by atoms with Crippen molar-refractivity contribution in [1.29, 1.82) is 0 Å². The van der Waals surface area contributed by atoms with E-state index in [1.807, 2.05) is 72.8 Å². The molecule has 0 heterocycles. The Morgan fingerprint density at radius 2 is 0.412 bits per heavy atom. The van der Waals surface area contributed by atoms with Gasteiger partial charge in [-0.25, -0.2) is 0 Å². The zero-order valence-corrected chi connectivity index (χ0v) is 54.9. The summed E-state index contributed by atoms with van der Waals surface area (Å²) in [5.41, 5.74) is 8.42. The van der Waals surface area contributed by atoms with Crippen molar-refractivity contribution in [2.24, 2.45) is 0 Å². The summed E-state index contributed by atoms with van der Waals surface area (Å²) < 4.78 is 58.5. The summed E-state index contributed by atoms with van der Waals surface area (Å²) in [5.74, 6) is 3.62. The number of carbonyl (C=O) groups excluding carboxylic acids is 2. The summed E-state index contributed by atoms with van der Waals surface area (Å²) in [5, 5.41) is 5.56. The van der Waals surface area contributed by atoms with Crippen molar-refractivity contribution in [3.05, 3.63) is 324 Å². The molecule has 500 valence electrons. The molecule has 0 saturated carbocycles. The molecule has 0 spiro atoms. The Morgan fingerprint density at radius 1 is 0.227 bits per heavy atom. The number of ether oxygens (including phenoxy) is 10. The van der Waals surface area contributed by atoms with E-state index in [0.29, 0.717) is 141 Å². The number of amides is 2. The highest BCUT2D eigenvalue weighted by atomic mass is 16.6. The van der Waals surface area contributed by atoms with Crippen LogP contribution in [0, 0.1) is 0 Å². The highest BCUT2D eigenvalue weighted by Crippen LogP contribution is 2.47. The minimum Gasteiger partial charge on any atom is -0.494 e. The van der Waals surface area contributed by atoms with E-state index in [1.54, 1.807) is 0 Å². The Morgan fingerprint density at radius 3 is 0.639 bits per heavy atom. The fourth-order valence-electron chi connectivity index (χ4n) is 11.8. The smallest absolute Gasteiger partial charge is 0.229 e. The molecule has 10 rings (SSSR count). The lowest BCUT2D eigenvalue weighted by atomic mass is 9.65. The molecular weight excluding hydrogens is 1220 g/mol. The number of hydrogen-bond acceptors (Lipinski definition) is 12. The summed E-state index contributed by atoms with van der Waals surface area (Å²) in [6.07, 6.45) is 0.890. The molecule has 0 bridgehead atoms. The van der Waals surface area contributed by atoms with Crippen molar-refractivity contribution in [1.82, 2.24) is 10.6 Å². The number of carbonyl (C=O) groups is 2. The maximum Gasteiger partial charge on any atom is 0.229 e. The van der Waals surface area contributed by atoms with Gasteiger partial charge in [-0.15, -0.1) is 0 Å². The summed E-state index contributed by atoms with van der Waals surface area (Å²) in [7, 11) is 0. The maximum absolute atomic E-state index is 12.4. The van der Waals surface area contributed by atoms with Gasteiger partial charge in [-0.3, -0.25) is 9.59 Å². The normalized spacial score (nSPS) is 11.3. The van der Waals surface area contributed by atoms with Gasteiger partial charge in [-0.05, 0) is 130 Å². The van der Waals surface area contributed by atoms with Gasteiger partial charge in [0.15, 0.2) is 0 Å². The first-order valence-corrected chi connectivity index (χ1v) is 33.3. The molecule has 0 aliphatic carbocycles. The molecule has 0 atom stereocenters. The Balaban J connectivity index is 0.498. The van der Waals surface area contributed by atoms with Gasteiger partial charge in [0, 0.05) is 13.1 Å². The summed E-state index contributed by atoms with van der Waals surface area (Å²) in [6, 6.07) is 95.3. The molecule has 0 aromatic heterocycles. The third kappa shape index (κ3) is 20.4. The van der Waals surface area contributed by atoms with Crippen LogP contribution in [0.5, 0.6) is 34.5 Å². The van der Waals surface area contributed by atoms with Crippen LogP contribution in [0.15, 0.2) is 279 Å². The lowest BCUT2D eigenvalue weighted by Gasteiger charge is -2.36. The second-order valence-electron chi connectivity index (χ2n) is 22.8. The van der Waals surface area contributed by atoms with Crippen LogP contribution in [0.25, 0.3) is 0 Å². The maximum atomic E-state index is 12.4. The standard InChI is InChI=1S/C83H86N2O12/c86-80(84-49-19-51-92-76-41-45-78(46-42-76)96-63-59-90-55-53-88-57-61-94-74-37-33-72(34-38-74)82(66-21-7-1-8-22-66,67-23-9-2-10-24-67)68-25-11-3-12-26-68)65-81(87)85-50-20-52-93-77-43-47-79(48-44-77)97-64-60-91-56-54-89-58-62-95-75-39-35-73(36-40-75)83(69-27-13-4-14-28-69,70-29-15-5-16-30-70)71-31-17-6-18-32-71/h1-18,21-48H,19-20,49-65H2,(H,84,86)(H,85,87). The van der Waals surface area contributed by atoms with Crippen LogP contribution >= 0.6 is 0 Å². The lowest BCUT2D eigenvalue weighted by Crippen LogP contribution is -2.33. The van der Waals surface area contributed by atoms with Crippen LogP contribution in [0.4, 0.5) is 0 Å². The molecule has 14 heteroatoms. The third-order valence-corrected chi connectivity index (χ3v) is 16.3. The quantitative estimate of drug-likeness (QED) is 0.0213. The lowest BCUT2D eigenvalue weighted by molar-refractivity contribution is -0.129. The highest BCUT2D eigenvalue weighted by Gasteiger charge is 2.39. The molecule has 10 aromatic carbocycles. The van der Waals surface area contributed by atoms with E-state index in [-0.39, 0.29) is 18.2 Å². The second-order valence-corrected chi connectivity index (χ2v) is 22.8. The van der Waals surface area contributed by atoms with Crippen molar-refractivity contribution >= 4 is 11.8 Å². The van der Waals surface area contributed by atoms with Gasteiger partial charge in [0.05, 0.1) is 76.9 Å². The minimum atomic E-state index is -0.507. The molecule has 0 radical (unpaired) electrons. The predicted octanol–water partition coefficient (Wildman–Crippen LogP) is 14.3. The van der Waals surface area contributed by atoms with E-state index in [0.717, 1.165) is 22.6 Å². The minimum absolute atomic E-state index is 0.256. The van der Waals surface area contributed by atoms with Gasteiger partial charge in [-0.1, -0.05) is 206 Å². The monoisotopic (exact) mass is 1300 g/mol. The summed E-state index contributed by atoms with van der Waals surface area (Å²) in [4.78, 5) is 24.8. The largest absolute Gasteiger partial charge is 0.494 e. The second kappa shape index (κ2) is 38.4. The first kappa shape index (κ1) is 69.6. The third-order valence-electron chi connectivity index (χ3n) is 16.3. The molecule has 2 N–H and O–H groups in total. The van der Waals surface area contributed by atoms with Crippen LogP contribution in [-0.4, -0.2) is 117 Å². The SMILES string of the molecule is O=C(CC(=O)NCCCOc1ccc(OCCOCCOCCOc2ccc(C(c3ccccc3)(c3ccccc3)c3ccccc3)cc2)cc1)NCCCOc1ccc(OCCOCCOCCOc2ccc(C(c3ccccc3)(c3ccccc3)c3ccccc3)cc2)cc1. The molecular formula is C83H86N2O12. The zero-order valence-electron chi connectivity index (χ0n) is 54.9. The molecule has 0 unspecified atom stereocenters. The van der Waals surface area contributed by atoms with Crippen LogP contribution < -0.4 is 39.1 Å². The van der Waals surface area contributed by atoms with Gasteiger partial charge in [-0.2, -0.15) is 0 Å². The van der Waals surface area contributed by atoms with E-state index in [2.05, 4.69) is 217 Å². The first-order chi connectivity index (χ1) is 48.0. The Hall–Kier alpha value is -10.2. The van der Waals surface area contributed by atoms with Gasteiger partial charge in [0.25, 0.3) is 0 Å². The van der Waals surface area contributed by atoms with Crippen molar-refractivity contribution in [3.63, 3.8) is 0 Å². The molecule has 10 aromatic rings. The molecule has 2 amide bonds. The molecule has 0 aliphatic heterocycles. The van der Waals surface area contributed by atoms with E-state index < -0.39 is 10.8 Å². The molecule has 97 heavy (non-hydrogen) atoms. The van der Waals surface area contributed by atoms with E-state index in [4.69, 9.17) is 47.4 Å². The fraction of sp³-hybridized carbons (Fsp3) is 0.253.